The van der Waals surface area contributed by atoms with Crippen LogP contribution < -0.4 is 15.4 Å². The van der Waals surface area contributed by atoms with Gasteiger partial charge in [-0.2, -0.15) is 0 Å². The first-order valence-corrected chi connectivity index (χ1v) is 15.7. The van der Waals surface area contributed by atoms with Gasteiger partial charge in [-0.15, -0.1) is 5.10 Å². The number of hydrogen-bond acceptors (Lipinski definition) is 8. The second kappa shape index (κ2) is 16.7. The van der Waals surface area contributed by atoms with Crippen LogP contribution in [0.1, 0.15) is 28.9 Å². The molecule has 0 atom stereocenters. The topological polar surface area (TPSA) is 102 Å². The maximum absolute atomic E-state index is 12.4. The SMILES string of the molecule is C1=CCC=C1.Nc1ccc2c(N3CCN(Cc4cn(CCOc5ccc(C(=O)/C=C/C6=CCC=C6)cc5)nn4)CC3)ccnc2c1.[Fe+2]. The number of pyridine rings is 1. The zero-order chi connectivity index (χ0) is 31.6. The average Bonchev–Trinajstić information content (AvgIpc) is 3.90. The summed E-state index contributed by atoms with van der Waals surface area (Å²) in [5, 5.41) is 9.78. The Morgan fingerprint density at radius 2 is 1.77 bits per heavy atom. The summed E-state index contributed by atoms with van der Waals surface area (Å²) in [6.45, 7) is 5.56. The molecular formula is C37H39FeN7O2+2. The molecule has 2 aromatic heterocycles. The number of ether oxygens (including phenoxy) is 1. The third-order valence-electron chi connectivity index (χ3n) is 8.04. The molecule has 240 valence electrons. The number of rotatable bonds is 10. The molecule has 0 amide bonds. The molecule has 1 saturated heterocycles. The first-order valence-electron chi connectivity index (χ1n) is 15.7. The number of benzene rings is 2. The van der Waals surface area contributed by atoms with Crippen LogP contribution in [0.2, 0.25) is 0 Å². The number of carbonyl (C=O) groups is 1. The number of anilines is 2. The number of piperazine rings is 1. The van der Waals surface area contributed by atoms with E-state index >= 15 is 0 Å². The Morgan fingerprint density at radius 1 is 0.957 bits per heavy atom. The number of hydrogen-bond donors (Lipinski definition) is 1. The van der Waals surface area contributed by atoms with Crippen molar-refractivity contribution in [1.82, 2.24) is 24.9 Å². The van der Waals surface area contributed by atoms with E-state index in [1.807, 2.05) is 53.5 Å². The van der Waals surface area contributed by atoms with Crippen molar-refractivity contribution in [3.63, 3.8) is 0 Å². The summed E-state index contributed by atoms with van der Waals surface area (Å²) in [5.41, 5.74) is 11.5. The van der Waals surface area contributed by atoms with Gasteiger partial charge in [0.25, 0.3) is 0 Å². The Hall–Kier alpha value is -4.76. The van der Waals surface area contributed by atoms with Crippen LogP contribution in [0.5, 0.6) is 5.75 Å². The van der Waals surface area contributed by atoms with Crippen molar-refractivity contribution in [1.29, 1.82) is 0 Å². The molecule has 3 aliphatic rings. The van der Waals surface area contributed by atoms with Crippen LogP contribution >= 0.6 is 0 Å². The van der Waals surface area contributed by atoms with Crippen LogP contribution in [0, 0.1) is 0 Å². The fourth-order valence-electron chi connectivity index (χ4n) is 5.56. The van der Waals surface area contributed by atoms with Crippen molar-refractivity contribution in [2.24, 2.45) is 0 Å². The minimum atomic E-state index is -0.0224. The molecule has 4 aromatic rings. The van der Waals surface area contributed by atoms with E-state index < -0.39 is 0 Å². The monoisotopic (exact) mass is 669 g/mol. The summed E-state index contributed by atoms with van der Waals surface area (Å²) in [6, 6.07) is 15.2. The quantitative estimate of drug-likeness (QED) is 0.0960. The van der Waals surface area contributed by atoms with Gasteiger partial charge in [0.2, 0.25) is 0 Å². The molecule has 47 heavy (non-hydrogen) atoms. The van der Waals surface area contributed by atoms with E-state index in [1.165, 1.54) is 5.69 Å². The maximum Gasteiger partial charge on any atom is 2.00 e. The van der Waals surface area contributed by atoms with E-state index in [4.69, 9.17) is 10.5 Å². The Morgan fingerprint density at radius 3 is 2.49 bits per heavy atom. The molecule has 0 bridgehead atoms. The second-order valence-corrected chi connectivity index (χ2v) is 11.3. The van der Waals surface area contributed by atoms with Gasteiger partial charge < -0.3 is 15.4 Å². The van der Waals surface area contributed by atoms with Crippen LogP contribution in [0.25, 0.3) is 10.9 Å². The average molecular weight is 670 g/mol. The Kier molecular flexibility index (Phi) is 11.9. The molecule has 0 unspecified atom stereocenters. The molecule has 2 N–H and O–H groups in total. The predicted octanol–water partition coefficient (Wildman–Crippen LogP) is 5.93. The molecule has 3 heterocycles. The van der Waals surface area contributed by atoms with Crippen LogP contribution in [-0.2, 0) is 30.2 Å². The molecule has 10 heteroatoms. The van der Waals surface area contributed by atoms with Gasteiger partial charge in [0, 0.05) is 67.4 Å². The number of allylic oxidation sites excluding steroid dienone is 10. The summed E-state index contributed by atoms with van der Waals surface area (Å²) in [4.78, 5) is 21.7. The maximum atomic E-state index is 12.4. The number of ketones is 1. The number of nitrogens with two attached hydrogens (primary N) is 1. The van der Waals surface area contributed by atoms with Gasteiger partial charge in [0.1, 0.15) is 12.4 Å². The van der Waals surface area contributed by atoms with Gasteiger partial charge in [-0.1, -0.05) is 53.8 Å². The molecule has 0 saturated carbocycles. The summed E-state index contributed by atoms with van der Waals surface area (Å²) >= 11 is 0. The van der Waals surface area contributed by atoms with Gasteiger partial charge in [-0.3, -0.25) is 14.7 Å². The fourth-order valence-corrected chi connectivity index (χ4v) is 5.56. The standard InChI is InChI=1S/C32H33N7O2.C5H6.Fe/c33-26-8-11-29-30(21-26)34-14-13-31(29)38-17-15-37(16-18-38)22-27-23-39(36-35-27)19-20-41-28-9-6-25(7-10-28)32(40)12-5-24-3-1-2-4-24;1-2-4-5-3-1;/h1,3-14,21,23H,2,15-20,22,33H2;1-4H,5H2;/q;;+2/b12-5+;;. The smallest absolute Gasteiger partial charge is 0.492 e. The van der Waals surface area contributed by atoms with Crippen molar-refractivity contribution in [2.45, 2.75) is 25.9 Å². The van der Waals surface area contributed by atoms with Crippen LogP contribution in [0.15, 0.2) is 121 Å². The first-order chi connectivity index (χ1) is 22.6. The van der Waals surface area contributed by atoms with Gasteiger partial charge in [-0.25, -0.2) is 4.68 Å². The van der Waals surface area contributed by atoms with E-state index in [-0.39, 0.29) is 22.9 Å². The summed E-state index contributed by atoms with van der Waals surface area (Å²) < 4.78 is 7.69. The molecule has 2 aromatic carbocycles. The molecule has 0 spiro atoms. The number of carbonyl (C=O) groups excluding carboxylic acids is 1. The minimum Gasteiger partial charge on any atom is -0.492 e. The molecule has 9 nitrogen and oxygen atoms in total. The minimum absolute atomic E-state index is 0. The summed E-state index contributed by atoms with van der Waals surface area (Å²) in [6.07, 6.45) is 23.9. The van der Waals surface area contributed by atoms with E-state index in [2.05, 4.69) is 73.7 Å². The van der Waals surface area contributed by atoms with Gasteiger partial charge in [0.05, 0.1) is 17.8 Å². The molecule has 2 aliphatic carbocycles. The fraction of sp³-hybridized carbons (Fsp3) is 0.243. The number of aromatic nitrogens is 4. The van der Waals surface area contributed by atoms with Crippen molar-refractivity contribution in [2.75, 3.05) is 43.4 Å². The van der Waals surface area contributed by atoms with E-state index in [9.17, 15) is 4.79 Å². The predicted molar refractivity (Wildman–Crippen MR) is 184 cm³/mol. The van der Waals surface area contributed by atoms with E-state index in [0.29, 0.717) is 18.7 Å². The Balaban J connectivity index is 0.000000662. The van der Waals surface area contributed by atoms with Crippen LogP contribution in [0.3, 0.4) is 0 Å². The summed E-state index contributed by atoms with van der Waals surface area (Å²) in [5.74, 6) is 0.696. The van der Waals surface area contributed by atoms with Gasteiger partial charge in [0.15, 0.2) is 5.78 Å². The second-order valence-electron chi connectivity index (χ2n) is 11.3. The van der Waals surface area contributed by atoms with Crippen molar-refractivity contribution in [3.05, 3.63) is 132 Å². The zero-order valence-corrected chi connectivity index (χ0v) is 27.4. The molecule has 1 aliphatic heterocycles. The first kappa shape index (κ1) is 33.6. The van der Waals surface area contributed by atoms with Gasteiger partial charge >= 0.3 is 17.1 Å². The number of nitrogens with zero attached hydrogens (tertiary/aromatic N) is 6. The number of fused-ring (bicyclic) bond motifs is 1. The normalized spacial score (nSPS) is 15.5. The Bertz CT molecular complexity index is 1790. The van der Waals surface area contributed by atoms with Crippen molar-refractivity contribution < 1.29 is 26.6 Å². The van der Waals surface area contributed by atoms with Crippen molar-refractivity contribution >= 4 is 28.1 Å². The van der Waals surface area contributed by atoms with Crippen molar-refractivity contribution in [3.8, 4) is 5.75 Å². The Labute approximate surface area is 286 Å². The van der Waals surface area contributed by atoms with Gasteiger partial charge in [-0.05, 0) is 73.0 Å². The molecule has 0 radical (unpaired) electrons. The largest absolute Gasteiger partial charge is 2.00 e. The number of nitrogen functional groups attached to an aromatic ring is 1. The van der Waals surface area contributed by atoms with E-state index in [0.717, 1.165) is 79.2 Å². The third kappa shape index (κ3) is 9.39. The summed E-state index contributed by atoms with van der Waals surface area (Å²) in [7, 11) is 0. The molecule has 1 fully saturated rings. The van der Waals surface area contributed by atoms with Crippen LogP contribution in [0.4, 0.5) is 11.4 Å². The molecular weight excluding hydrogens is 630 g/mol. The van der Waals surface area contributed by atoms with Crippen LogP contribution in [-0.4, -0.2) is 63.4 Å². The zero-order valence-electron chi connectivity index (χ0n) is 26.3. The molecule has 7 rings (SSSR count). The van der Waals surface area contributed by atoms with E-state index in [1.54, 1.807) is 18.2 Å². The third-order valence-corrected chi connectivity index (χ3v) is 8.04.